The molecule has 2 aromatic rings. The maximum absolute atomic E-state index is 4.37. The molecule has 2 aromatic heterocycles. The van der Waals surface area contributed by atoms with Crippen LogP contribution in [0.25, 0.3) is 0 Å². The Bertz CT molecular complexity index is 509. The van der Waals surface area contributed by atoms with E-state index in [9.17, 15) is 0 Å². The first-order valence-corrected chi connectivity index (χ1v) is 5.70. The Hall–Kier alpha value is -1.91. The molecule has 0 fully saturated rings. The first-order chi connectivity index (χ1) is 8.08. The monoisotopic (exact) mass is 231 g/mol. The second kappa shape index (κ2) is 4.53. The van der Waals surface area contributed by atoms with E-state index >= 15 is 0 Å². The number of rotatable bonds is 3. The molecule has 0 atom stereocenters. The Morgan fingerprint density at radius 3 is 2.47 bits per heavy atom. The van der Waals surface area contributed by atoms with Crippen LogP contribution in [0, 0.1) is 13.8 Å². The summed E-state index contributed by atoms with van der Waals surface area (Å²) in [7, 11) is 1.91. The molecule has 2 rings (SSSR count). The smallest absolute Gasteiger partial charge is 0.227 e. The van der Waals surface area contributed by atoms with Crippen LogP contribution in [0.3, 0.4) is 0 Å². The van der Waals surface area contributed by atoms with Gasteiger partial charge in [0.1, 0.15) is 0 Å². The van der Waals surface area contributed by atoms with Gasteiger partial charge in [0.25, 0.3) is 0 Å². The highest BCUT2D eigenvalue weighted by Crippen LogP contribution is 2.18. The highest BCUT2D eigenvalue weighted by Gasteiger charge is 2.07. The fourth-order valence-electron chi connectivity index (χ4n) is 1.80. The summed E-state index contributed by atoms with van der Waals surface area (Å²) in [6, 6.07) is 1.95. The van der Waals surface area contributed by atoms with Crippen LogP contribution in [0.1, 0.15) is 24.0 Å². The quantitative estimate of drug-likeness (QED) is 0.879. The van der Waals surface area contributed by atoms with Crippen LogP contribution >= 0.6 is 0 Å². The van der Waals surface area contributed by atoms with E-state index in [1.807, 2.05) is 33.2 Å². The van der Waals surface area contributed by atoms with Crippen molar-refractivity contribution in [3.05, 3.63) is 29.3 Å². The second-order valence-corrected chi connectivity index (χ2v) is 4.12. The number of aryl methyl sites for hydroxylation is 4. The number of anilines is 2. The van der Waals surface area contributed by atoms with Gasteiger partial charge in [-0.1, -0.05) is 6.92 Å². The third kappa shape index (κ3) is 2.61. The first kappa shape index (κ1) is 11.6. The van der Waals surface area contributed by atoms with E-state index in [2.05, 4.69) is 27.3 Å². The number of nitrogens with zero attached hydrogens (tertiary/aromatic N) is 4. The summed E-state index contributed by atoms with van der Waals surface area (Å²) < 4.78 is 1.80. The van der Waals surface area contributed by atoms with Gasteiger partial charge in [-0.3, -0.25) is 4.68 Å². The van der Waals surface area contributed by atoms with Crippen LogP contribution < -0.4 is 5.32 Å². The van der Waals surface area contributed by atoms with Crippen molar-refractivity contribution in [3.63, 3.8) is 0 Å². The topological polar surface area (TPSA) is 55.6 Å². The van der Waals surface area contributed by atoms with Crippen molar-refractivity contribution in [2.45, 2.75) is 27.2 Å². The lowest BCUT2D eigenvalue weighted by Gasteiger charge is -2.05. The third-order valence-corrected chi connectivity index (χ3v) is 2.47. The average Bonchev–Trinajstić information content (AvgIpc) is 2.57. The first-order valence-electron chi connectivity index (χ1n) is 5.70. The standard InChI is InChI=1S/C12H17N5/c1-5-10-11(7-17(4)16-10)15-12-13-8(2)6-9(3)14-12/h6-7H,5H2,1-4H3,(H,13,14,15). The molecule has 0 amide bonds. The molecule has 0 aliphatic carbocycles. The predicted octanol–water partition coefficient (Wildman–Crippen LogP) is 2.13. The molecule has 5 heteroatoms. The highest BCUT2D eigenvalue weighted by molar-refractivity contribution is 5.55. The fourth-order valence-corrected chi connectivity index (χ4v) is 1.80. The Kier molecular flexibility index (Phi) is 3.08. The van der Waals surface area contributed by atoms with E-state index in [1.165, 1.54) is 0 Å². The summed E-state index contributed by atoms with van der Waals surface area (Å²) >= 11 is 0. The van der Waals surface area contributed by atoms with E-state index in [0.29, 0.717) is 5.95 Å². The molecular weight excluding hydrogens is 214 g/mol. The minimum atomic E-state index is 0.630. The molecule has 0 unspecified atom stereocenters. The average molecular weight is 231 g/mol. The SMILES string of the molecule is CCc1nn(C)cc1Nc1nc(C)cc(C)n1. The second-order valence-electron chi connectivity index (χ2n) is 4.12. The molecule has 0 saturated carbocycles. The Balaban J connectivity index is 2.30. The molecule has 0 saturated heterocycles. The molecule has 5 nitrogen and oxygen atoms in total. The van der Waals surface area contributed by atoms with Gasteiger partial charge < -0.3 is 5.32 Å². The molecule has 1 N–H and O–H groups in total. The number of hydrogen-bond acceptors (Lipinski definition) is 4. The summed E-state index contributed by atoms with van der Waals surface area (Å²) in [5.41, 5.74) is 3.92. The number of nitrogens with one attached hydrogen (secondary N) is 1. The molecule has 0 spiro atoms. The van der Waals surface area contributed by atoms with E-state index in [0.717, 1.165) is 29.2 Å². The van der Waals surface area contributed by atoms with Crippen LogP contribution in [0.4, 0.5) is 11.6 Å². The van der Waals surface area contributed by atoms with Gasteiger partial charge in [-0.05, 0) is 26.3 Å². The van der Waals surface area contributed by atoms with Gasteiger partial charge >= 0.3 is 0 Å². The zero-order chi connectivity index (χ0) is 12.4. The summed E-state index contributed by atoms with van der Waals surface area (Å²) in [6.07, 6.45) is 2.83. The van der Waals surface area contributed by atoms with Gasteiger partial charge in [0.15, 0.2) is 0 Å². The minimum Gasteiger partial charge on any atom is -0.321 e. The van der Waals surface area contributed by atoms with Crippen molar-refractivity contribution in [3.8, 4) is 0 Å². The normalized spacial score (nSPS) is 10.6. The van der Waals surface area contributed by atoms with E-state index in [1.54, 1.807) is 4.68 Å². The fraction of sp³-hybridized carbons (Fsp3) is 0.417. The van der Waals surface area contributed by atoms with Crippen LogP contribution in [-0.4, -0.2) is 19.7 Å². The molecule has 0 bridgehead atoms. The van der Waals surface area contributed by atoms with E-state index in [-0.39, 0.29) is 0 Å². The lowest BCUT2D eigenvalue weighted by molar-refractivity contribution is 0.746. The zero-order valence-corrected chi connectivity index (χ0v) is 10.7. The largest absolute Gasteiger partial charge is 0.321 e. The predicted molar refractivity (Wildman–Crippen MR) is 67.4 cm³/mol. The van der Waals surface area contributed by atoms with Gasteiger partial charge in [0.05, 0.1) is 11.4 Å². The number of aromatic nitrogens is 4. The van der Waals surface area contributed by atoms with E-state index in [4.69, 9.17) is 0 Å². The maximum Gasteiger partial charge on any atom is 0.227 e. The Morgan fingerprint density at radius 2 is 1.88 bits per heavy atom. The minimum absolute atomic E-state index is 0.630. The highest BCUT2D eigenvalue weighted by atomic mass is 15.3. The molecule has 2 heterocycles. The van der Waals surface area contributed by atoms with Crippen LogP contribution in [0.15, 0.2) is 12.3 Å². The Labute approximate surface area is 101 Å². The molecule has 0 aliphatic heterocycles. The summed E-state index contributed by atoms with van der Waals surface area (Å²) in [6.45, 7) is 6.00. The molecule has 0 radical (unpaired) electrons. The maximum atomic E-state index is 4.37. The molecule has 17 heavy (non-hydrogen) atoms. The Morgan fingerprint density at radius 1 is 1.24 bits per heavy atom. The van der Waals surface area contributed by atoms with Gasteiger partial charge in [0.2, 0.25) is 5.95 Å². The molecule has 0 aromatic carbocycles. The van der Waals surface area contributed by atoms with Crippen LogP contribution in [-0.2, 0) is 13.5 Å². The molecular formula is C12H17N5. The molecule has 0 aliphatic rings. The van der Waals surface area contributed by atoms with Crippen molar-refractivity contribution < 1.29 is 0 Å². The summed E-state index contributed by atoms with van der Waals surface area (Å²) in [5.74, 6) is 0.630. The third-order valence-electron chi connectivity index (χ3n) is 2.47. The lowest BCUT2D eigenvalue weighted by Crippen LogP contribution is -2.00. The van der Waals surface area contributed by atoms with Crippen molar-refractivity contribution in [2.24, 2.45) is 7.05 Å². The van der Waals surface area contributed by atoms with Crippen molar-refractivity contribution in [1.29, 1.82) is 0 Å². The lowest BCUT2D eigenvalue weighted by atomic mass is 10.3. The van der Waals surface area contributed by atoms with Crippen molar-refractivity contribution in [2.75, 3.05) is 5.32 Å². The van der Waals surface area contributed by atoms with Crippen molar-refractivity contribution in [1.82, 2.24) is 19.7 Å². The van der Waals surface area contributed by atoms with Gasteiger partial charge in [-0.15, -0.1) is 0 Å². The van der Waals surface area contributed by atoms with Crippen molar-refractivity contribution >= 4 is 11.6 Å². The van der Waals surface area contributed by atoms with Crippen LogP contribution in [0.2, 0.25) is 0 Å². The van der Waals surface area contributed by atoms with E-state index < -0.39 is 0 Å². The zero-order valence-electron chi connectivity index (χ0n) is 10.7. The summed E-state index contributed by atoms with van der Waals surface area (Å²) in [4.78, 5) is 8.71. The van der Waals surface area contributed by atoms with Gasteiger partial charge in [-0.25, -0.2) is 9.97 Å². The number of hydrogen-bond donors (Lipinski definition) is 1. The van der Waals surface area contributed by atoms with Gasteiger partial charge in [-0.2, -0.15) is 5.10 Å². The van der Waals surface area contributed by atoms with Gasteiger partial charge in [0, 0.05) is 24.6 Å². The van der Waals surface area contributed by atoms with Crippen LogP contribution in [0.5, 0.6) is 0 Å². The molecule has 90 valence electrons. The summed E-state index contributed by atoms with van der Waals surface area (Å²) in [5, 5.41) is 7.59.